The van der Waals surface area contributed by atoms with Gasteiger partial charge in [0.15, 0.2) is 0 Å². The molecule has 0 bridgehead atoms. The summed E-state index contributed by atoms with van der Waals surface area (Å²) in [5, 5.41) is 18.1. The normalized spacial score (nSPS) is 25.9. The standard InChI is InChI=1S/C13H15NO/c14-9-10-1-3-11(4-2-10)12-5-7-13(15)8-6-12/h1-4,12-13,15H,5-8H2/t12-,13+. The summed E-state index contributed by atoms with van der Waals surface area (Å²) >= 11 is 0. The molecule has 0 heterocycles. The van der Waals surface area contributed by atoms with E-state index in [9.17, 15) is 5.11 Å². The second kappa shape index (κ2) is 4.46. The van der Waals surface area contributed by atoms with Gasteiger partial charge in [0.2, 0.25) is 0 Å². The highest BCUT2D eigenvalue weighted by atomic mass is 16.3. The number of rotatable bonds is 1. The Morgan fingerprint density at radius 3 is 2.20 bits per heavy atom. The van der Waals surface area contributed by atoms with Gasteiger partial charge < -0.3 is 5.11 Å². The maximum Gasteiger partial charge on any atom is 0.0991 e. The van der Waals surface area contributed by atoms with Crippen molar-refractivity contribution < 1.29 is 5.11 Å². The van der Waals surface area contributed by atoms with E-state index in [4.69, 9.17) is 5.26 Å². The van der Waals surface area contributed by atoms with Gasteiger partial charge >= 0.3 is 0 Å². The van der Waals surface area contributed by atoms with Crippen LogP contribution in [0.4, 0.5) is 0 Å². The first kappa shape index (κ1) is 10.2. The topological polar surface area (TPSA) is 44.0 Å². The fourth-order valence-electron chi connectivity index (χ4n) is 2.24. The number of benzene rings is 1. The first-order valence-corrected chi connectivity index (χ1v) is 5.47. The van der Waals surface area contributed by atoms with E-state index < -0.39 is 0 Å². The predicted molar refractivity (Wildman–Crippen MR) is 58.4 cm³/mol. The van der Waals surface area contributed by atoms with Gasteiger partial charge in [-0.1, -0.05) is 12.1 Å². The van der Waals surface area contributed by atoms with Crippen LogP contribution in [0.15, 0.2) is 24.3 Å². The average Bonchev–Trinajstić information content (AvgIpc) is 2.30. The molecule has 1 aromatic carbocycles. The van der Waals surface area contributed by atoms with Gasteiger partial charge in [-0.3, -0.25) is 0 Å². The molecule has 0 radical (unpaired) electrons. The van der Waals surface area contributed by atoms with E-state index in [-0.39, 0.29) is 6.10 Å². The minimum Gasteiger partial charge on any atom is -0.393 e. The van der Waals surface area contributed by atoms with Crippen LogP contribution in [0.1, 0.15) is 42.7 Å². The minimum atomic E-state index is -0.0976. The molecule has 0 aromatic heterocycles. The average molecular weight is 201 g/mol. The molecule has 78 valence electrons. The molecule has 1 aliphatic carbocycles. The van der Waals surface area contributed by atoms with Crippen LogP contribution in [-0.2, 0) is 0 Å². The number of hydrogen-bond donors (Lipinski definition) is 1. The number of aliphatic hydroxyl groups excluding tert-OH is 1. The van der Waals surface area contributed by atoms with E-state index in [1.54, 1.807) is 0 Å². The predicted octanol–water partition coefficient (Wildman–Crippen LogP) is 2.58. The molecule has 1 N–H and O–H groups in total. The third kappa shape index (κ3) is 2.37. The van der Waals surface area contributed by atoms with E-state index in [0.29, 0.717) is 5.92 Å². The lowest BCUT2D eigenvalue weighted by Gasteiger charge is -2.25. The third-order valence-electron chi connectivity index (χ3n) is 3.21. The van der Waals surface area contributed by atoms with Crippen LogP contribution in [0.2, 0.25) is 0 Å². The summed E-state index contributed by atoms with van der Waals surface area (Å²) in [6.45, 7) is 0. The van der Waals surface area contributed by atoms with E-state index >= 15 is 0 Å². The molecule has 1 aliphatic rings. The van der Waals surface area contributed by atoms with Gasteiger partial charge in [0.1, 0.15) is 0 Å². The van der Waals surface area contributed by atoms with Crippen molar-refractivity contribution in [1.82, 2.24) is 0 Å². The zero-order chi connectivity index (χ0) is 10.7. The van der Waals surface area contributed by atoms with Gasteiger partial charge in [0, 0.05) is 0 Å². The maximum absolute atomic E-state index is 9.41. The van der Waals surface area contributed by atoms with E-state index in [1.165, 1.54) is 5.56 Å². The second-order valence-corrected chi connectivity index (χ2v) is 4.24. The summed E-state index contributed by atoms with van der Waals surface area (Å²) in [5.41, 5.74) is 2.02. The highest BCUT2D eigenvalue weighted by molar-refractivity contribution is 5.33. The molecule has 0 saturated heterocycles. The summed E-state index contributed by atoms with van der Waals surface area (Å²) in [4.78, 5) is 0. The van der Waals surface area contributed by atoms with Crippen molar-refractivity contribution in [3.05, 3.63) is 35.4 Å². The van der Waals surface area contributed by atoms with Crippen LogP contribution in [0, 0.1) is 11.3 Å². The molecule has 0 aliphatic heterocycles. The third-order valence-corrected chi connectivity index (χ3v) is 3.21. The van der Waals surface area contributed by atoms with Gasteiger partial charge in [0.25, 0.3) is 0 Å². The smallest absolute Gasteiger partial charge is 0.0991 e. The lowest BCUT2D eigenvalue weighted by atomic mass is 9.83. The van der Waals surface area contributed by atoms with Gasteiger partial charge in [-0.2, -0.15) is 5.26 Å². The van der Waals surface area contributed by atoms with Crippen molar-refractivity contribution in [2.75, 3.05) is 0 Å². The molecule has 0 atom stereocenters. The highest BCUT2D eigenvalue weighted by Gasteiger charge is 2.20. The van der Waals surface area contributed by atoms with Gasteiger partial charge in [-0.25, -0.2) is 0 Å². The van der Waals surface area contributed by atoms with Crippen LogP contribution < -0.4 is 0 Å². The first-order valence-electron chi connectivity index (χ1n) is 5.47. The van der Waals surface area contributed by atoms with Crippen molar-refractivity contribution in [2.45, 2.75) is 37.7 Å². The van der Waals surface area contributed by atoms with Crippen molar-refractivity contribution in [2.24, 2.45) is 0 Å². The molecule has 0 unspecified atom stereocenters. The molecule has 0 amide bonds. The molecule has 2 nitrogen and oxygen atoms in total. The van der Waals surface area contributed by atoms with E-state index in [0.717, 1.165) is 31.2 Å². The minimum absolute atomic E-state index is 0.0976. The lowest BCUT2D eigenvalue weighted by molar-refractivity contribution is 0.122. The molecular weight excluding hydrogens is 186 g/mol. The maximum atomic E-state index is 9.41. The molecule has 1 saturated carbocycles. The largest absolute Gasteiger partial charge is 0.393 e. The molecule has 2 heteroatoms. The van der Waals surface area contributed by atoms with Gasteiger partial charge in [0.05, 0.1) is 17.7 Å². The Morgan fingerprint density at radius 1 is 1.07 bits per heavy atom. The Kier molecular flexibility index (Phi) is 3.03. The first-order chi connectivity index (χ1) is 7.29. The van der Waals surface area contributed by atoms with Crippen LogP contribution in [0.5, 0.6) is 0 Å². The monoisotopic (exact) mass is 201 g/mol. The Labute approximate surface area is 90.2 Å². The summed E-state index contributed by atoms with van der Waals surface area (Å²) in [5.74, 6) is 0.571. The molecule has 1 aromatic rings. The van der Waals surface area contributed by atoms with Crippen LogP contribution in [0.3, 0.4) is 0 Å². The van der Waals surface area contributed by atoms with Gasteiger partial charge in [-0.15, -0.1) is 0 Å². The SMILES string of the molecule is N#Cc1ccc([C@H]2CC[C@@H](O)CC2)cc1. The Hall–Kier alpha value is -1.33. The van der Waals surface area contributed by atoms with Crippen molar-refractivity contribution in [1.29, 1.82) is 5.26 Å². The number of nitrogens with zero attached hydrogens (tertiary/aromatic N) is 1. The molecule has 2 rings (SSSR count). The fourth-order valence-corrected chi connectivity index (χ4v) is 2.24. The Morgan fingerprint density at radius 2 is 1.67 bits per heavy atom. The fraction of sp³-hybridized carbons (Fsp3) is 0.462. The zero-order valence-corrected chi connectivity index (χ0v) is 8.69. The Bertz CT molecular complexity index is 355. The van der Waals surface area contributed by atoms with Crippen molar-refractivity contribution in [3.8, 4) is 6.07 Å². The summed E-state index contributed by atoms with van der Waals surface area (Å²) in [6.07, 6.45) is 3.84. The summed E-state index contributed by atoms with van der Waals surface area (Å²) in [6, 6.07) is 9.96. The van der Waals surface area contributed by atoms with Gasteiger partial charge in [-0.05, 0) is 49.3 Å². The molecule has 0 spiro atoms. The van der Waals surface area contributed by atoms with E-state index in [2.05, 4.69) is 6.07 Å². The van der Waals surface area contributed by atoms with Crippen LogP contribution in [0.25, 0.3) is 0 Å². The second-order valence-electron chi connectivity index (χ2n) is 4.24. The number of nitriles is 1. The van der Waals surface area contributed by atoms with Crippen LogP contribution in [-0.4, -0.2) is 11.2 Å². The summed E-state index contributed by atoms with van der Waals surface area (Å²) in [7, 11) is 0. The molecular formula is C13H15NO. The zero-order valence-electron chi connectivity index (χ0n) is 8.69. The van der Waals surface area contributed by atoms with E-state index in [1.807, 2.05) is 24.3 Å². The van der Waals surface area contributed by atoms with Crippen LogP contribution >= 0.6 is 0 Å². The molecule has 15 heavy (non-hydrogen) atoms. The number of aliphatic hydroxyl groups is 1. The number of hydrogen-bond acceptors (Lipinski definition) is 2. The molecule has 1 fully saturated rings. The Balaban J connectivity index is 2.07. The lowest BCUT2D eigenvalue weighted by Crippen LogP contribution is -2.16. The van der Waals surface area contributed by atoms with Crippen molar-refractivity contribution in [3.63, 3.8) is 0 Å². The quantitative estimate of drug-likeness (QED) is 0.759. The summed E-state index contributed by atoms with van der Waals surface area (Å²) < 4.78 is 0. The highest BCUT2D eigenvalue weighted by Crippen LogP contribution is 2.32. The van der Waals surface area contributed by atoms with Crippen molar-refractivity contribution >= 4 is 0 Å².